The smallest absolute Gasteiger partial charge is 0.270 e. The fourth-order valence-electron chi connectivity index (χ4n) is 2.55. The van der Waals surface area contributed by atoms with Crippen molar-refractivity contribution in [2.24, 2.45) is 0 Å². The zero-order valence-electron chi connectivity index (χ0n) is 12.7. The van der Waals surface area contributed by atoms with Crippen molar-refractivity contribution in [3.8, 4) is 0 Å². The van der Waals surface area contributed by atoms with E-state index in [1.807, 2.05) is 20.8 Å². The zero-order valence-corrected chi connectivity index (χ0v) is 12.7. The summed E-state index contributed by atoms with van der Waals surface area (Å²) in [5.41, 5.74) is 2.62. The van der Waals surface area contributed by atoms with Gasteiger partial charge in [-0.15, -0.1) is 0 Å². The molecule has 0 fully saturated rings. The van der Waals surface area contributed by atoms with Gasteiger partial charge in [0, 0.05) is 24.3 Å². The number of rotatable bonds is 7. The van der Waals surface area contributed by atoms with Crippen LogP contribution in [0.1, 0.15) is 59.3 Å². The maximum absolute atomic E-state index is 12.6. The van der Waals surface area contributed by atoms with Gasteiger partial charge in [0.25, 0.3) is 5.91 Å². The molecule has 1 rings (SSSR count). The number of aliphatic hydroxyl groups is 1. The van der Waals surface area contributed by atoms with E-state index in [4.69, 9.17) is 5.11 Å². The molecule has 0 saturated heterocycles. The topological polar surface area (TPSA) is 73.4 Å². The second-order valence-corrected chi connectivity index (χ2v) is 4.90. The number of nitrogens with one attached hydrogen (secondary N) is 1. The summed E-state index contributed by atoms with van der Waals surface area (Å²) >= 11 is 0. The van der Waals surface area contributed by atoms with Crippen LogP contribution in [0.25, 0.3) is 0 Å². The number of aromatic amines is 1. The van der Waals surface area contributed by atoms with Crippen LogP contribution >= 0.6 is 0 Å². The highest BCUT2D eigenvalue weighted by Gasteiger charge is 2.24. The van der Waals surface area contributed by atoms with Gasteiger partial charge < -0.3 is 15.0 Å². The van der Waals surface area contributed by atoms with Crippen LogP contribution < -0.4 is 0 Å². The van der Waals surface area contributed by atoms with E-state index in [-0.39, 0.29) is 18.3 Å². The van der Waals surface area contributed by atoms with E-state index in [9.17, 15) is 9.59 Å². The summed E-state index contributed by atoms with van der Waals surface area (Å²) in [6.45, 7) is 8.08. The average Bonchev–Trinajstić information content (AvgIpc) is 2.74. The fraction of sp³-hybridized carbons (Fsp3) is 0.600. The summed E-state index contributed by atoms with van der Waals surface area (Å²) < 4.78 is 0. The van der Waals surface area contributed by atoms with Crippen LogP contribution in [-0.4, -0.2) is 46.4 Å². The molecule has 1 aromatic rings. The minimum atomic E-state index is -0.145. The number of hydrogen-bond donors (Lipinski definition) is 2. The first-order chi connectivity index (χ1) is 9.47. The van der Waals surface area contributed by atoms with E-state index in [0.717, 1.165) is 17.7 Å². The van der Waals surface area contributed by atoms with Crippen LogP contribution in [0.3, 0.4) is 0 Å². The summed E-state index contributed by atoms with van der Waals surface area (Å²) in [4.78, 5) is 29.0. The Hall–Kier alpha value is -1.62. The van der Waals surface area contributed by atoms with Crippen molar-refractivity contribution in [2.45, 2.75) is 40.5 Å². The minimum absolute atomic E-state index is 0.0288. The van der Waals surface area contributed by atoms with Crippen LogP contribution in [-0.2, 0) is 6.42 Å². The van der Waals surface area contributed by atoms with E-state index in [2.05, 4.69) is 4.98 Å². The first-order valence-electron chi connectivity index (χ1n) is 7.10. The molecule has 0 aliphatic carbocycles. The van der Waals surface area contributed by atoms with Crippen LogP contribution in [0.2, 0.25) is 0 Å². The van der Waals surface area contributed by atoms with E-state index in [1.165, 1.54) is 6.92 Å². The summed E-state index contributed by atoms with van der Waals surface area (Å²) in [5.74, 6) is -0.174. The summed E-state index contributed by atoms with van der Waals surface area (Å²) in [6, 6.07) is 0. The molecule has 5 nitrogen and oxygen atoms in total. The average molecular weight is 280 g/mol. The van der Waals surface area contributed by atoms with Gasteiger partial charge in [0.15, 0.2) is 5.78 Å². The Morgan fingerprint density at radius 3 is 2.35 bits per heavy atom. The first kappa shape index (κ1) is 16.4. The number of aromatic nitrogens is 1. The Balaban J connectivity index is 3.21. The lowest BCUT2D eigenvalue weighted by Gasteiger charge is -2.21. The Bertz CT molecular complexity index is 486. The normalized spacial score (nSPS) is 10.7. The SMILES string of the molecule is CCCN(CCO)C(=O)c1[nH]c(C)c(C(C)=O)c1CC. The molecule has 0 atom stereocenters. The number of ketones is 1. The van der Waals surface area contributed by atoms with Crippen molar-refractivity contribution in [3.63, 3.8) is 0 Å². The van der Waals surface area contributed by atoms with Crippen molar-refractivity contribution >= 4 is 11.7 Å². The quantitative estimate of drug-likeness (QED) is 0.750. The molecule has 0 aromatic carbocycles. The highest BCUT2D eigenvalue weighted by Crippen LogP contribution is 2.21. The van der Waals surface area contributed by atoms with Crippen molar-refractivity contribution in [1.82, 2.24) is 9.88 Å². The maximum atomic E-state index is 12.6. The summed E-state index contributed by atoms with van der Waals surface area (Å²) in [5, 5.41) is 9.08. The number of hydrogen-bond acceptors (Lipinski definition) is 3. The number of Topliss-reactive ketones (excluding diaryl/α,β-unsaturated/α-hetero) is 1. The van der Waals surface area contributed by atoms with Gasteiger partial charge in [0.2, 0.25) is 0 Å². The number of amides is 1. The summed E-state index contributed by atoms with van der Waals surface area (Å²) in [7, 11) is 0. The molecule has 1 heterocycles. The maximum Gasteiger partial charge on any atom is 0.270 e. The molecule has 0 unspecified atom stereocenters. The number of aliphatic hydroxyl groups excluding tert-OH is 1. The monoisotopic (exact) mass is 280 g/mol. The number of aryl methyl sites for hydroxylation is 1. The molecule has 2 N–H and O–H groups in total. The van der Waals surface area contributed by atoms with E-state index in [1.54, 1.807) is 4.90 Å². The van der Waals surface area contributed by atoms with E-state index < -0.39 is 0 Å². The van der Waals surface area contributed by atoms with Crippen molar-refractivity contribution in [1.29, 1.82) is 0 Å². The number of carbonyl (C=O) groups excluding carboxylic acids is 2. The molecule has 112 valence electrons. The number of carbonyl (C=O) groups is 2. The second kappa shape index (κ2) is 7.24. The third-order valence-electron chi connectivity index (χ3n) is 3.36. The lowest BCUT2D eigenvalue weighted by Crippen LogP contribution is -2.35. The van der Waals surface area contributed by atoms with Gasteiger partial charge in [0.1, 0.15) is 5.69 Å². The van der Waals surface area contributed by atoms with Crippen LogP contribution in [0.4, 0.5) is 0 Å². The molecule has 0 radical (unpaired) electrons. The molecule has 1 amide bonds. The highest BCUT2D eigenvalue weighted by molar-refractivity contribution is 6.02. The molecule has 20 heavy (non-hydrogen) atoms. The Labute approximate surface area is 120 Å². The number of nitrogens with zero attached hydrogens (tertiary/aromatic N) is 1. The molecular formula is C15H24N2O3. The van der Waals surface area contributed by atoms with Gasteiger partial charge in [-0.05, 0) is 32.3 Å². The molecule has 0 saturated carbocycles. The van der Waals surface area contributed by atoms with Crippen LogP contribution in [0, 0.1) is 6.92 Å². The molecular weight excluding hydrogens is 256 g/mol. The highest BCUT2D eigenvalue weighted by atomic mass is 16.3. The van der Waals surface area contributed by atoms with E-state index >= 15 is 0 Å². The van der Waals surface area contributed by atoms with Crippen LogP contribution in [0.5, 0.6) is 0 Å². The Morgan fingerprint density at radius 1 is 1.25 bits per heavy atom. The molecule has 0 aliphatic rings. The predicted octanol–water partition coefficient (Wildman–Crippen LogP) is 1.93. The first-order valence-corrected chi connectivity index (χ1v) is 7.10. The lowest BCUT2D eigenvalue weighted by molar-refractivity contribution is 0.0715. The van der Waals surface area contributed by atoms with Crippen LogP contribution in [0.15, 0.2) is 0 Å². The van der Waals surface area contributed by atoms with Gasteiger partial charge in [0.05, 0.1) is 6.61 Å². The molecule has 1 aromatic heterocycles. The zero-order chi connectivity index (χ0) is 15.3. The minimum Gasteiger partial charge on any atom is -0.395 e. The lowest BCUT2D eigenvalue weighted by atomic mass is 10.0. The van der Waals surface area contributed by atoms with Gasteiger partial charge in [-0.25, -0.2) is 0 Å². The third-order valence-corrected chi connectivity index (χ3v) is 3.36. The van der Waals surface area contributed by atoms with Gasteiger partial charge >= 0.3 is 0 Å². The van der Waals surface area contributed by atoms with Gasteiger partial charge in [-0.2, -0.15) is 0 Å². The number of H-pyrrole nitrogens is 1. The van der Waals surface area contributed by atoms with Crippen molar-refractivity contribution in [3.05, 3.63) is 22.5 Å². The Kier molecular flexibility index (Phi) is 5.95. The molecule has 0 aliphatic heterocycles. The van der Waals surface area contributed by atoms with E-state index in [0.29, 0.717) is 30.8 Å². The Morgan fingerprint density at radius 2 is 1.90 bits per heavy atom. The predicted molar refractivity (Wildman–Crippen MR) is 78.2 cm³/mol. The van der Waals surface area contributed by atoms with Crippen molar-refractivity contribution < 1.29 is 14.7 Å². The fourth-order valence-corrected chi connectivity index (χ4v) is 2.55. The standard InChI is InChI=1S/C15H24N2O3/c1-5-7-17(8-9-18)15(20)14-12(6-2)13(11(4)19)10(3)16-14/h16,18H,5-9H2,1-4H3. The second-order valence-electron chi connectivity index (χ2n) is 4.90. The third kappa shape index (κ3) is 3.28. The summed E-state index contributed by atoms with van der Waals surface area (Å²) in [6.07, 6.45) is 1.45. The van der Waals surface area contributed by atoms with Crippen molar-refractivity contribution in [2.75, 3.05) is 19.7 Å². The largest absolute Gasteiger partial charge is 0.395 e. The van der Waals surface area contributed by atoms with Gasteiger partial charge in [-0.3, -0.25) is 9.59 Å². The van der Waals surface area contributed by atoms with Gasteiger partial charge in [-0.1, -0.05) is 13.8 Å². The molecule has 0 spiro atoms. The molecule has 0 bridgehead atoms. The molecule has 5 heteroatoms.